The van der Waals surface area contributed by atoms with Gasteiger partial charge in [0.25, 0.3) is 5.91 Å². The Kier molecular flexibility index (Phi) is 5.68. The van der Waals surface area contributed by atoms with Gasteiger partial charge >= 0.3 is 6.18 Å². The summed E-state index contributed by atoms with van der Waals surface area (Å²) in [4.78, 5) is 12.1. The normalized spacial score (nSPS) is 11.6. The van der Waals surface area contributed by atoms with Crippen molar-refractivity contribution in [3.8, 4) is 0 Å². The third-order valence-electron chi connectivity index (χ3n) is 4.14. The summed E-state index contributed by atoms with van der Waals surface area (Å²) in [5.41, 5.74) is 0.176. The smallest absolute Gasteiger partial charge is 0.335 e. The molecule has 0 unspecified atom stereocenters. The minimum absolute atomic E-state index is 0.0462. The zero-order chi connectivity index (χ0) is 19.4. The quantitative estimate of drug-likeness (QED) is 0.670. The molecule has 0 saturated heterocycles. The van der Waals surface area contributed by atoms with Crippen molar-refractivity contribution in [2.24, 2.45) is 0 Å². The maximum atomic E-state index is 12.8. The maximum Gasteiger partial charge on any atom is 0.416 e. The second kappa shape index (κ2) is 7.98. The lowest BCUT2D eigenvalue weighted by atomic mass is 10.0. The molecular formula is C20H17ClF3N2O+. The number of halogens is 4. The summed E-state index contributed by atoms with van der Waals surface area (Å²) >= 11 is 5.89. The van der Waals surface area contributed by atoms with Crippen molar-refractivity contribution in [1.82, 2.24) is 0 Å². The minimum atomic E-state index is -4.50. The molecule has 3 nitrogen and oxygen atoms in total. The van der Waals surface area contributed by atoms with Crippen LogP contribution in [0, 0.1) is 0 Å². The summed E-state index contributed by atoms with van der Waals surface area (Å²) in [7, 11) is 0. The lowest BCUT2D eigenvalue weighted by Crippen LogP contribution is -2.84. The van der Waals surface area contributed by atoms with Gasteiger partial charge in [0.1, 0.15) is 6.54 Å². The molecule has 0 fully saturated rings. The number of hydrogen-bond donors (Lipinski definition) is 2. The van der Waals surface area contributed by atoms with Gasteiger partial charge in [0.2, 0.25) is 0 Å². The number of nitrogens with one attached hydrogen (secondary N) is 1. The highest BCUT2D eigenvalue weighted by atomic mass is 35.5. The Balaban J connectivity index is 1.62. The molecule has 0 bridgehead atoms. The van der Waals surface area contributed by atoms with Crippen molar-refractivity contribution in [2.45, 2.75) is 12.7 Å². The second-order valence-corrected chi connectivity index (χ2v) is 6.48. The lowest BCUT2D eigenvalue weighted by Gasteiger charge is -2.11. The molecule has 3 N–H and O–H groups in total. The predicted octanol–water partition coefficient (Wildman–Crippen LogP) is 4.21. The molecule has 7 heteroatoms. The van der Waals surface area contributed by atoms with Crippen LogP contribution in [0.3, 0.4) is 0 Å². The Morgan fingerprint density at radius 1 is 1.04 bits per heavy atom. The van der Waals surface area contributed by atoms with Crippen LogP contribution in [0.4, 0.5) is 18.9 Å². The molecule has 0 aromatic heterocycles. The van der Waals surface area contributed by atoms with Crippen LogP contribution in [0.1, 0.15) is 11.1 Å². The fraction of sp³-hybridized carbons (Fsp3) is 0.150. The zero-order valence-electron chi connectivity index (χ0n) is 14.2. The Labute approximate surface area is 159 Å². The van der Waals surface area contributed by atoms with Crippen LogP contribution in [0.2, 0.25) is 5.02 Å². The highest BCUT2D eigenvalue weighted by molar-refractivity contribution is 6.33. The van der Waals surface area contributed by atoms with Gasteiger partial charge in [-0.3, -0.25) is 4.79 Å². The molecule has 0 heterocycles. The van der Waals surface area contributed by atoms with Gasteiger partial charge in [0.05, 0.1) is 16.3 Å². The largest absolute Gasteiger partial charge is 0.416 e. The first-order valence-corrected chi connectivity index (χ1v) is 8.67. The molecule has 3 aromatic carbocycles. The van der Waals surface area contributed by atoms with Crippen LogP contribution in [-0.2, 0) is 17.5 Å². The van der Waals surface area contributed by atoms with Crippen molar-refractivity contribution in [2.75, 3.05) is 11.9 Å². The Morgan fingerprint density at radius 2 is 1.78 bits per heavy atom. The van der Waals surface area contributed by atoms with Crippen molar-refractivity contribution < 1.29 is 23.3 Å². The monoisotopic (exact) mass is 393 g/mol. The van der Waals surface area contributed by atoms with Gasteiger partial charge in [-0.05, 0) is 29.0 Å². The number of quaternary nitrogens is 1. The number of anilines is 1. The van der Waals surface area contributed by atoms with Crippen LogP contribution in [0.5, 0.6) is 0 Å². The van der Waals surface area contributed by atoms with Crippen LogP contribution < -0.4 is 10.6 Å². The third-order valence-corrected chi connectivity index (χ3v) is 4.47. The van der Waals surface area contributed by atoms with Crippen LogP contribution in [-0.4, -0.2) is 12.5 Å². The van der Waals surface area contributed by atoms with Gasteiger partial charge in [-0.25, -0.2) is 0 Å². The average molecular weight is 394 g/mol. The maximum absolute atomic E-state index is 12.8. The Hall–Kier alpha value is -2.57. The molecule has 1 amide bonds. The molecule has 0 aliphatic rings. The molecule has 0 aliphatic carbocycles. The summed E-state index contributed by atoms with van der Waals surface area (Å²) in [5.74, 6) is -0.420. The fourth-order valence-corrected chi connectivity index (χ4v) is 2.99. The van der Waals surface area contributed by atoms with E-state index in [1.165, 1.54) is 0 Å². The van der Waals surface area contributed by atoms with Crippen molar-refractivity contribution in [1.29, 1.82) is 0 Å². The first-order chi connectivity index (χ1) is 12.8. The number of carbonyl (C=O) groups excluding carboxylic acids is 1. The van der Waals surface area contributed by atoms with E-state index in [2.05, 4.69) is 5.32 Å². The number of carbonyl (C=O) groups is 1. The Morgan fingerprint density at radius 3 is 2.56 bits per heavy atom. The summed E-state index contributed by atoms with van der Waals surface area (Å²) in [5, 5.41) is 6.52. The van der Waals surface area contributed by atoms with Gasteiger partial charge in [0, 0.05) is 5.56 Å². The first kappa shape index (κ1) is 19.2. The number of alkyl halides is 3. The number of fused-ring (bicyclic) bond motifs is 1. The van der Waals surface area contributed by atoms with E-state index in [1.807, 2.05) is 42.5 Å². The van der Waals surface area contributed by atoms with E-state index in [0.717, 1.165) is 34.5 Å². The molecule has 3 rings (SSSR count). The SMILES string of the molecule is O=C(C[NH2+]Cc1cccc2ccccc12)Nc1cc(C(F)(F)F)ccc1Cl. The average Bonchev–Trinajstić information content (AvgIpc) is 2.63. The summed E-state index contributed by atoms with van der Waals surface area (Å²) in [6.07, 6.45) is -4.50. The molecule has 140 valence electrons. The minimum Gasteiger partial charge on any atom is -0.335 e. The van der Waals surface area contributed by atoms with E-state index in [4.69, 9.17) is 11.6 Å². The fourth-order valence-electron chi connectivity index (χ4n) is 2.83. The molecule has 0 saturated carbocycles. The third kappa shape index (κ3) is 4.78. The van der Waals surface area contributed by atoms with Crippen molar-refractivity contribution in [3.05, 3.63) is 76.8 Å². The molecule has 0 spiro atoms. The zero-order valence-corrected chi connectivity index (χ0v) is 14.9. The van der Waals surface area contributed by atoms with Crippen molar-refractivity contribution in [3.63, 3.8) is 0 Å². The van der Waals surface area contributed by atoms with E-state index in [0.29, 0.717) is 6.54 Å². The molecular weight excluding hydrogens is 377 g/mol. The van der Waals surface area contributed by atoms with E-state index < -0.39 is 17.6 Å². The van der Waals surface area contributed by atoms with E-state index >= 15 is 0 Å². The lowest BCUT2D eigenvalue weighted by molar-refractivity contribution is -0.659. The highest BCUT2D eigenvalue weighted by Crippen LogP contribution is 2.33. The number of amides is 1. The van der Waals surface area contributed by atoms with Gasteiger partial charge in [-0.15, -0.1) is 0 Å². The van der Waals surface area contributed by atoms with Gasteiger partial charge in [-0.2, -0.15) is 13.2 Å². The van der Waals surface area contributed by atoms with Gasteiger partial charge < -0.3 is 10.6 Å². The van der Waals surface area contributed by atoms with E-state index in [1.54, 1.807) is 5.32 Å². The number of rotatable bonds is 5. The molecule has 27 heavy (non-hydrogen) atoms. The molecule has 0 aliphatic heterocycles. The predicted molar refractivity (Wildman–Crippen MR) is 99.5 cm³/mol. The standard InChI is InChI=1S/C20H16ClF3N2O/c21-17-9-8-15(20(22,23)24)10-18(17)26-19(27)12-25-11-14-6-3-5-13-4-1-2-7-16(13)14/h1-10,25H,11-12H2,(H,26,27)/p+1. The van der Waals surface area contributed by atoms with Gasteiger partial charge in [0.15, 0.2) is 6.54 Å². The van der Waals surface area contributed by atoms with Gasteiger partial charge in [-0.1, -0.05) is 54.1 Å². The van der Waals surface area contributed by atoms with E-state index in [-0.39, 0.29) is 17.3 Å². The molecule has 0 atom stereocenters. The highest BCUT2D eigenvalue weighted by Gasteiger charge is 2.31. The summed E-state index contributed by atoms with van der Waals surface area (Å²) in [6.45, 7) is 0.640. The van der Waals surface area contributed by atoms with E-state index in [9.17, 15) is 18.0 Å². The Bertz CT molecular complexity index is 968. The topological polar surface area (TPSA) is 45.7 Å². The van der Waals surface area contributed by atoms with Crippen LogP contribution in [0.15, 0.2) is 60.7 Å². The first-order valence-electron chi connectivity index (χ1n) is 8.29. The van der Waals surface area contributed by atoms with Crippen molar-refractivity contribution >= 4 is 34.0 Å². The number of hydrogen-bond acceptors (Lipinski definition) is 1. The number of benzene rings is 3. The number of nitrogens with two attached hydrogens (primary N) is 1. The summed E-state index contributed by atoms with van der Waals surface area (Å²) < 4.78 is 38.4. The van der Waals surface area contributed by atoms with Crippen LogP contribution >= 0.6 is 11.6 Å². The molecule has 3 aromatic rings. The molecule has 0 radical (unpaired) electrons. The summed E-state index contributed by atoms with van der Waals surface area (Å²) in [6, 6.07) is 16.7. The van der Waals surface area contributed by atoms with Crippen LogP contribution in [0.25, 0.3) is 10.8 Å². The second-order valence-electron chi connectivity index (χ2n) is 6.08.